The Kier molecular flexibility index (Phi) is 5.09. The van der Waals surface area contributed by atoms with Gasteiger partial charge in [-0.25, -0.2) is 0 Å². The Morgan fingerprint density at radius 1 is 1.00 bits per heavy atom. The van der Waals surface area contributed by atoms with E-state index in [2.05, 4.69) is 50.6 Å². The van der Waals surface area contributed by atoms with Gasteiger partial charge in [-0.3, -0.25) is 14.5 Å². The summed E-state index contributed by atoms with van der Waals surface area (Å²) in [6, 6.07) is 18.1. The fourth-order valence-corrected chi connectivity index (χ4v) is 3.84. The summed E-state index contributed by atoms with van der Waals surface area (Å²) in [7, 11) is 1.74. The number of hydrogen-bond acceptors (Lipinski definition) is 5. The first-order valence-corrected chi connectivity index (χ1v) is 10.3. The van der Waals surface area contributed by atoms with E-state index in [0.29, 0.717) is 11.4 Å². The molecule has 3 heterocycles. The molecule has 1 aliphatic rings. The molecule has 0 saturated carbocycles. The third-order valence-electron chi connectivity index (χ3n) is 5.57. The predicted molar refractivity (Wildman–Crippen MR) is 121 cm³/mol. The number of carbonyl (C=O) groups is 1. The van der Waals surface area contributed by atoms with E-state index in [0.717, 1.165) is 48.3 Å². The average molecular weight is 413 g/mol. The van der Waals surface area contributed by atoms with Crippen LogP contribution in [0, 0.1) is 0 Å². The summed E-state index contributed by atoms with van der Waals surface area (Å²) in [6.45, 7) is 3.41. The van der Waals surface area contributed by atoms with Crippen molar-refractivity contribution in [1.82, 2.24) is 14.8 Å². The Balaban J connectivity index is 1.35. The number of aromatic nitrogens is 3. The number of ether oxygens (including phenoxy) is 1. The molecule has 0 radical (unpaired) electrons. The fourth-order valence-electron chi connectivity index (χ4n) is 3.84. The summed E-state index contributed by atoms with van der Waals surface area (Å²) in [4.78, 5) is 19.4. The van der Waals surface area contributed by atoms with Gasteiger partial charge in [0.1, 0.15) is 5.69 Å². The van der Waals surface area contributed by atoms with Crippen LogP contribution in [0.25, 0.3) is 22.0 Å². The summed E-state index contributed by atoms with van der Waals surface area (Å²) >= 11 is 0. The third kappa shape index (κ3) is 4.00. The van der Waals surface area contributed by atoms with Crippen LogP contribution in [-0.2, 0) is 11.8 Å². The first-order chi connectivity index (χ1) is 15.2. The minimum atomic E-state index is -0.198. The summed E-state index contributed by atoms with van der Waals surface area (Å²) < 4.78 is 6.98. The Hall–Kier alpha value is -3.71. The van der Waals surface area contributed by atoms with Crippen molar-refractivity contribution in [2.24, 2.45) is 7.05 Å². The average Bonchev–Trinajstić information content (AvgIpc) is 3.25. The molecule has 0 spiro atoms. The summed E-state index contributed by atoms with van der Waals surface area (Å²) in [5.74, 6) is -0.198. The van der Waals surface area contributed by atoms with Crippen LogP contribution in [0.5, 0.6) is 0 Å². The lowest BCUT2D eigenvalue weighted by Crippen LogP contribution is -2.36. The van der Waals surface area contributed by atoms with Crippen LogP contribution in [0.3, 0.4) is 0 Å². The maximum Gasteiger partial charge on any atom is 0.273 e. The van der Waals surface area contributed by atoms with Crippen molar-refractivity contribution in [3.8, 4) is 11.1 Å². The van der Waals surface area contributed by atoms with Gasteiger partial charge in [0.15, 0.2) is 0 Å². The van der Waals surface area contributed by atoms with Gasteiger partial charge in [0.25, 0.3) is 5.91 Å². The first-order valence-electron chi connectivity index (χ1n) is 10.3. The van der Waals surface area contributed by atoms with Gasteiger partial charge >= 0.3 is 0 Å². The number of carbonyl (C=O) groups excluding carboxylic acids is 1. The maximum atomic E-state index is 12.4. The van der Waals surface area contributed by atoms with Gasteiger partial charge in [0.05, 0.1) is 18.7 Å². The minimum Gasteiger partial charge on any atom is -0.378 e. The highest BCUT2D eigenvalue weighted by Crippen LogP contribution is 2.27. The number of aryl methyl sites for hydroxylation is 1. The zero-order chi connectivity index (χ0) is 21.2. The molecular weight excluding hydrogens is 390 g/mol. The van der Waals surface area contributed by atoms with E-state index in [1.54, 1.807) is 24.0 Å². The maximum absolute atomic E-state index is 12.4. The third-order valence-corrected chi connectivity index (χ3v) is 5.57. The molecule has 1 amide bonds. The Morgan fingerprint density at radius 3 is 2.55 bits per heavy atom. The van der Waals surface area contributed by atoms with Gasteiger partial charge in [0, 0.05) is 54.9 Å². The highest BCUT2D eigenvalue weighted by Gasteiger charge is 2.12. The van der Waals surface area contributed by atoms with Crippen LogP contribution >= 0.6 is 0 Å². The minimum absolute atomic E-state index is 0.198. The molecule has 1 fully saturated rings. The molecule has 7 nitrogen and oxygen atoms in total. The van der Waals surface area contributed by atoms with Crippen molar-refractivity contribution in [2.45, 2.75) is 0 Å². The summed E-state index contributed by atoms with van der Waals surface area (Å²) in [5.41, 5.74) is 5.44. The Labute approximate surface area is 180 Å². The Bertz CT molecular complexity index is 1230. The van der Waals surface area contributed by atoms with Gasteiger partial charge in [0.2, 0.25) is 0 Å². The molecule has 31 heavy (non-hydrogen) atoms. The molecular formula is C24H23N5O2. The highest BCUT2D eigenvalue weighted by atomic mass is 16.5. The molecule has 1 saturated heterocycles. The lowest BCUT2D eigenvalue weighted by Gasteiger charge is -2.28. The lowest BCUT2D eigenvalue weighted by atomic mass is 10.0. The van der Waals surface area contributed by atoms with E-state index in [9.17, 15) is 4.79 Å². The first kappa shape index (κ1) is 19.3. The second-order valence-corrected chi connectivity index (χ2v) is 7.57. The van der Waals surface area contributed by atoms with E-state index >= 15 is 0 Å². The number of benzene rings is 2. The molecule has 5 rings (SSSR count). The standard InChI is InChI=1S/C24H23N5O2/c1-28-23(8-9-26-28)24(30)27-20-5-2-18-14-19(16-25-22(18)15-20)17-3-6-21(7-4-17)29-10-12-31-13-11-29/h2-9,14-16H,10-13H2,1H3,(H,27,30). The van der Waals surface area contributed by atoms with Crippen molar-refractivity contribution < 1.29 is 9.53 Å². The van der Waals surface area contributed by atoms with Crippen molar-refractivity contribution in [3.63, 3.8) is 0 Å². The molecule has 156 valence electrons. The number of pyridine rings is 1. The molecule has 7 heteroatoms. The topological polar surface area (TPSA) is 72.3 Å². The van der Waals surface area contributed by atoms with Gasteiger partial charge in [-0.05, 0) is 42.0 Å². The van der Waals surface area contributed by atoms with Crippen LogP contribution < -0.4 is 10.2 Å². The monoisotopic (exact) mass is 413 g/mol. The van der Waals surface area contributed by atoms with E-state index in [4.69, 9.17) is 4.74 Å². The van der Waals surface area contributed by atoms with Crippen LogP contribution in [0.4, 0.5) is 11.4 Å². The van der Waals surface area contributed by atoms with Crippen molar-refractivity contribution in [1.29, 1.82) is 0 Å². The summed E-state index contributed by atoms with van der Waals surface area (Å²) in [5, 5.41) is 7.96. The van der Waals surface area contributed by atoms with Crippen LogP contribution in [0.2, 0.25) is 0 Å². The SMILES string of the molecule is Cn1nccc1C(=O)Nc1ccc2cc(-c3ccc(N4CCOCC4)cc3)cnc2c1. The van der Waals surface area contributed by atoms with Gasteiger partial charge < -0.3 is 15.0 Å². The smallest absolute Gasteiger partial charge is 0.273 e. The molecule has 0 unspecified atom stereocenters. The van der Waals surface area contributed by atoms with Gasteiger partial charge in [-0.15, -0.1) is 0 Å². The van der Waals surface area contributed by atoms with E-state index < -0.39 is 0 Å². The number of nitrogens with one attached hydrogen (secondary N) is 1. The predicted octanol–water partition coefficient (Wildman–Crippen LogP) is 3.72. The zero-order valence-electron chi connectivity index (χ0n) is 17.3. The number of anilines is 2. The number of nitrogens with zero attached hydrogens (tertiary/aromatic N) is 4. The second-order valence-electron chi connectivity index (χ2n) is 7.57. The van der Waals surface area contributed by atoms with E-state index in [1.807, 2.05) is 24.4 Å². The molecule has 0 atom stereocenters. The van der Waals surface area contributed by atoms with Crippen LogP contribution in [0.15, 0.2) is 67.0 Å². The summed E-state index contributed by atoms with van der Waals surface area (Å²) in [6.07, 6.45) is 3.48. The van der Waals surface area contributed by atoms with Crippen molar-refractivity contribution in [3.05, 3.63) is 72.7 Å². The van der Waals surface area contributed by atoms with Crippen molar-refractivity contribution >= 4 is 28.2 Å². The molecule has 0 aliphatic carbocycles. The molecule has 2 aromatic heterocycles. The number of amides is 1. The highest BCUT2D eigenvalue weighted by molar-refractivity contribution is 6.04. The normalized spacial score (nSPS) is 14.0. The fraction of sp³-hybridized carbons (Fsp3) is 0.208. The van der Waals surface area contributed by atoms with Gasteiger partial charge in [-0.1, -0.05) is 18.2 Å². The second kappa shape index (κ2) is 8.20. The molecule has 2 aromatic carbocycles. The number of fused-ring (bicyclic) bond motifs is 1. The molecule has 1 aliphatic heterocycles. The van der Waals surface area contributed by atoms with E-state index in [-0.39, 0.29) is 5.91 Å². The van der Waals surface area contributed by atoms with Gasteiger partial charge in [-0.2, -0.15) is 5.10 Å². The lowest BCUT2D eigenvalue weighted by molar-refractivity contribution is 0.101. The largest absolute Gasteiger partial charge is 0.378 e. The Morgan fingerprint density at radius 2 is 1.81 bits per heavy atom. The number of morpholine rings is 1. The van der Waals surface area contributed by atoms with Crippen molar-refractivity contribution in [2.75, 3.05) is 36.5 Å². The molecule has 1 N–H and O–H groups in total. The quantitative estimate of drug-likeness (QED) is 0.552. The zero-order valence-corrected chi connectivity index (χ0v) is 17.3. The number of rotatable bonds is 4. The molecule has 4 aromatic rings. The number of hydrogen-bond donors (Lipinski definition) is 1. The van der Waals surface area contributed by atoms with E-state index in [1.165, 1.54) is 5.69 Å². The van der Waals surface area contributed by atoms with Crippen LogP contribution in [-0.4, -0.2) is 47.0 Å². The van der Waals surface area contributed by atoms with Crippen LogP contribution in [0.1, 0.15) is 10.5 Å². The molecule has 0 bridgehead atoms.